The normalized spacial score (nSPS) is 12.5. The highest BCUT2D eigenvalue weighted by Crippen LogP contribution is 2.15. The van der Waals surface area contributed by atoms with Crippen molar-refractivity contribution >= 4 is 0 Å². The van der Waals surface area contributed by atoms with Crippen molar-refractivity contribution < 1.29 is 35.8 Å². The predicted molar refractivity (Wildman–Crippen MR) is 44.4 cm³/mol. The highest BCUT2D eigenvalue weighted by atomic mass is 19.4. The minimum atomic E-state index is -4.25. The predicted octanol–water partition coefficient (Wildman–Crippen LogP) is 3.42. The molecule has 0 atom stereocenters. The van der Waals surface area contributed by atoms with Crippen LogP contribution < -0.4 is 0 Å². The smallest absolute Gasteiger partial charge is 0.412 e. The Morgan fingerprint density at radius 2 is 0.938 bits per heavy atom. The van der Waals surface area contributed by atoms with Gasteiger partial charge in [-0.05, 0) is 0 Å². The van der Waals surface area contributed by atoms with Crippen molar-refractivity contribution in [3.05, 3.63) is 24.7 Å². The number of halogens is 6. The summed E-state index contributed by atoms with van der Waals surface area (Å²) < 4.78 is 74.5. The average molecular weight is 252 g/mol. The third kappa shape index (κ3) is 23.0. The lowest BCUT2D eigenvalue weighted by atomic mass is 10.6. The van der Waals surface area contributed by atoms with E-state index < -0.39 is 12.4 Å². The molecule has 96 valence electrons. The van der Waals surface area contributed by atoms with E-state index in [2.05, 4.69) is 9.47 Å². The van der Waals surface area contributed by atoms with Gasteiger partial charge in [-0.2, -0.15) is 26.3 Å². The molecule has 0 amide bonds. The van der Waals surface area contributed by atoms with Crippen molar-refractivity contribution in [3.8, 4) is 0 Å². The van der Waals surface area contributed by atoms with Crippen molar-refractivity contribution in [1.29, 1.82) is 0 Å². The van der Waals surface area contributed by atoms with Gasteiger partial charge in [-0.25, -0.2) is 0 Å². The van der Waals surface area contributed by atoms with Crippen LogP contribution in [0.15, 0.2) is 24.7 Å². The molecule has 0 spiro atoms. The molecule has 8 heteroatoms. The number of allylic oxidation sites excluding steroid dienone is 2. The van der Waals surface area contributed by atoms with Crippen molar-refractivity contribution in [2.45, 2.75) is 12.4 Å². The van der Waals surface area contributed by atoms with E-state index in [9.17, 15) is 26.3 Å². The Bertz CT molecular complexity index is 192. The van der Waals surface area contributed by atoms with Crippen molar-refractivity contribution in [3.63, 3.8) is 0 Å². The van der Waals surface area contributed by atoms with Crippen LogP contribution >= 0.6 is 0 Å². The monoisotopic (exact) mass is 252 g/mol. The molecule has 0 aromatic heterocycles. The molecule has 0 rings (SSSR count). The van der Waals surface area contributed by atoms with Gasteiger partial charge in [-0.1, -0.05) is 0 Å². The van der Waals surface area contributed by atoms with E-state index in [1.807, 2.05) is 0 Å². The van der Waals surface area contributed by atoms with Crippen LogP contribution in [-0.2, 0) is 9.47 Å². The summed E-state index contributed by atoms with van der Waals surface area (Å²) in [6, 6.07) is 0. The molecule has 0 N–H and O–H groups in total. The van der Waals surface area contributed by atoms with Crippen LogP contribution in [0.4, 0.5) is 26.3 Å². The summed E-state index contributed by atoms with van der Waals surface area (Å²) in [5, 5.41) is 0. The number of ether oxygens (including phenoxy) is 2. The summed E-state index contributed by atoms with van der Waals surface area (Å²) >= 11 is 0. The van der Waals surface area contributed by atoms with Crippen LogP contribution in [-0.4, -0.2) is 26.6 Å². The molecule has 0 saturated carbocycles. The van der Waals surface area contributed by atoms with Crippen LogP contribution in [0.1, 0.15) is 0 Å². The van der Waals surface area contributed by atoms with Crippen LogP contribution in [0.5, 0.6) is 0 Å². The van der Waals surface area contributed by atoms with E-state index in [-0.39, 0.29) is 12.2 Å². The molecular weight excluding hydrogens is 242 g/mol. The Hall–Kier alpha value is -1.34. The molecule has 0 aromatic rings. The van der Waals surface area contributed by atoms with Gasteiger partial charge in [0.25, 0.3) is 0 Å². The maximum Gasteiger partial charge on any atom is 0.412 e. The summed E-state index contributed by atoms with van der Waals surface area (Å²) in [5.41, 5.74) is 0. The molecular formula is C8H10F6O2. The standard InChI is InChI=1S/2C4H5F3O/c2*1-8-3-2-4(5,6)7/h2*2-3H,1H3/b3-2+;3-2-. The first-order chi connectivity index (χ1) is 7.12. The van der Waals surface area contributed by atoms with Gasteiger partial charge in [0.2, 0.25) is 0 Å². The zero-order valence-corrected chi connectivity index (χ0v) is 8.39. The van der Waals surface area contributed by atoms with Crippen LogP contribution in [0.2, 0.25) is 0 Å². The van der Waals surface area contributed by atoms with Gasteiger partial charge in [0.1, 0.15) is 0 Å². The van der Waals surface area contributed by atoms with Crippen molar-refractivity contribution in [2.75, 3.05) is 14.2 Å². The fourth-order valence-electron chi connectivity index (χ4n) is 0.290. The molecule has 0 aliphatic carbocycles. The molecule has 0 aliphatic rings. The number of hydrogen-bond donors (Lipinski definition) is 0. The SMILES string of the molecule is CO/C=C/C(F)(F)F.CO/C=C\C(F)(F)F. The zero-order valence-electron chi connectivity index (χ0n) is 8.39. The second kappa shape index (κ2) is 7.89. The molecule has 16 heavy (non-hydrogen) atoms. The fourth-order valence-corrected chi connectivity index (χ4v) is 0.290. The Morgan fingerprint density at radius 3 is 1.00 bits per heavy atom. The summed E-state index contributed by atoms with van der Waals surface area (Å²) in [6.45, 7) is 0. The first kappa shape index (κ1) is 17.1. The van der Waals surface area contributed by atoms with Crippen LogP contribution in [0.25, 0.3) is 0 Å². The van der Waals surface area contributed by atoms with Crippen LogP contribution in [0.3, 0.4) is 0 Å². The largest absolute Gasteiger partial charge is 0.504 e. The van der Waals surface area contributed by atoms with Gasteiger partial charge >= 0.3 is 12.4 Å². The highest BCUT2D eigenvalue weighted by molar-refractivity contribution is 4.82. The van der Waals surface area contributed by atoms with E-state index in [1.165, 1.54) is 0 Å². The average Bonchev–Trinajstić information content (AvgIpc) is 2.10. The minimum Gasteiger partial charge on any atom is -0.504 e. The van der Waals surface area contributed by atoms with E-state index in [0.29, 0.717) is 12.5 Å². The molecule has 0 unspecified atom stereocenters. The highest BCUT2D eigenvalue weighted by Gasteiger charge is 2.22. The van der Waals surface area contributed by atoms with E-state index in [0.717, 1.165) is 14.2 Å². The molecule has 0 radical (unpaired) electrons. The summed E-state index contributed by atoms with van der Waals surface area (Å²) in [6.07, 6.45) is -7.30. The Kier molecular flexibility index (Phi) is 8.41. The molecule has 2 nitrogen and oxygen atoms in total. The van der Waals surface area contributed by atoms with Gasteiger partial charge in [-0.3, -0.25) is 0 Å². The molecule has 0 saturated heterocycles. The fraction of sp³-hybridized carbons (Fsp3) is 0.500. The maximum atomic E-state index is 11.1. The minimum absolute atomic E-state index is 0.0208. The lowest BCUT2D eigenvalue weighted by Crippen LogP contribution is -2.00. The number of methoxy groups -OCH3 is 2. The maximum absolute atomic E-state index is 11.1. The summed E-state index contributed by atoms with van der Waals surface area (Å²) in [7, 11) is 2.31. The zero-order chi connectivity index (χ0) is 13.2. The van der Waals surface area contributed by atoms with Crippen LogP contribution in [0, 0.1) is 0 Å². The van der Waals surface area contributed by atoms with Gasteiger partial charge in [-0.15, -0.1) is 0 Å². The lowest BCUT2D eigenvalue weighted by molar-refractivity contribution is -0.0823. The topological polar surface area (TPSA) is 18.5 Å². The van der Waals surface area contributed by atoms with Crippen molar-refractivity contribution in [1.82, 2.24) is 0 Å². The molecule has 0 bridgehead atoms. The first-order valence-corrected chi connectivity index (χ1v) is 3.67. The summed E-state index contributed by atoms with van der Waals surface area (Å²) in [4.78, 5) is 0. The third-order valence-electron chi connectivity index (χ3n) is 0.786. The Labute approximate surface area is 88.1 Å². The van der Waals surface area contributed by atoms with Gasteiger partial charge < -0.3 is 9.47 Å². The van der Waals surface area contributed by atoms with Gasteiger partial charge in [0, 0.05) is 0 Å². The molecule has 0 heterocycles. The third-order valence-corrected chi connectivity index (χ3v) is 0.786. The first-order valence-electron chi connectivity index (χ1n) is 3.67. The van der Waals surface area contributed by atoms with E-state index in [1.54, 1.807) is 0 Å². The molecule has 0 aliphatic heterocycles. The number of rotatable bonds is 2. The molecule has 0 fully saturated rings. The molecule has 0 aromatic carbocycles. The second-order valence-corrected chi connectivity index (χ2v) is 2.16. The quantitative estimate of drug-likeness (QED) is 0.553. The Morgan fingerprint density at radius 1 is 0.688 bits per heavy atom. The number of hydrogen-bond acceptors (Lipinski definition) is 2. The lowest BCUT2D eigenvalue weighted by Gasteiger charge is -1.94. The van der Waals surface area contributed by atoms with Gasteiger partial charge in [0.05, 0.1) is 38.9 Å². The Balaban J connectivity index is 0. The number of alkyl halides is 6. The van der Waals surface area contributed by atoms with Crippen molar-refractivity contribution in [2.24, 2.45) is 0 Å². The second-order valence-electron chi connectivity index (χ2n) is 2.16. The van der Waals surface area contributed by atoms with E-state index >= 15 is 0 Å². The summed E-state index contributed by atoms with van der Waals surface area (Å²) in [5.74, 6) is 0. The van der Waals surface area contributed by atoms with Gasteiger partial charge in [0.15, 0.2) is 0 Å². The van der Waals surface area contributed by atoms with E-state index in [4.69, 9.17) is 0 Å².